The Hall–Kier alpha value is -1.95. The van der Waals surface area contributed by atoms with E-state index in [1.807, 2.05) is 0 Å². The van der Waals surface area contributed by atoms with Crippen LogP contribution >= 0.6 is 0 Å². The zero-order chi connectivity index (χ0) is 14.7. The van der Waals surface area contributed by atoms with Crippen molar-refractivity contribution >= 4 is 17.5 Å². The third-order valence-corrected chi connectivity index (χ3v) is 3.47. The third-order valence-electron chi connectivity index (χ3n) is 3.47. The van der Waals surface area contributed by atoms with Gasteiger partial charge >= 0.3 is 0 Å². The van der Waals surface area contributed by atoms with Gasteiger partial charge in [-0.15, -0.1) is 0 Å². The number of nitrogens with two attached hydrogens (primary N) is 1. The Bertz CT molecular complexity index is 521. The monoisotopic (exact) mass is 279 g/mol. The Kier molecular flexibility index (Phi) is 4.34. The second-order valence-electron chi connectivity index (χ2n) is 4.93. The number of nitrogens with one attached hydrogen (secondary N) is 1. The molecule has 20 heavy (non-hydrogen) atoms. The Labute approximate surface area is 116 Å². The van der Waals surface area contributed by atoms with Gasteiger partial charge in [-0.25, -0.2) is 4.39 Å². The molecule has 2 unspecified atom stereocenters. The molecular weight excluding hydrogens is 261 g/mol. The minimum absolute atomic E-state index is 0.226. The second-order valence-corrected chi connectivity index (χ2v) is 4.93. The van der Waals surface area contributed by atoms with Crippen molar-refractivity contribution in [3.63, 3.8) is 0 Å². The van der Waals surface area contributed by atoms with Crippen molar-refractivity contribution in [1.82, 2.24) is 5.32 Å². The molecular formula is C14H18FN3O2. The van der Waals surface area contributed by atoms with Crippen LogP contribution in [-0.4, -0.2) is 30.9 Å². The van der Waals surface area contributed by atoms with Crippen LogP contribution in [0.4, 0.5) is 10.1 Å². The fraction of sp³-hybridized carbons (Fsp3) is 0.429. The van der Waals surface area contributed by atoms with Gasteiger partial charge in [-0.1, -0.05) is 19.1 Å². The van der Waals surface area contributed by atoms with E-state index in [1.165, 1.54) is 11.0 Å². The zero-order valence-corrected chi connectivity index (χ0v) is 11.3. The van der Waals surface area contributed by atoms with Crippen molar-refractivity contribution in [2.75, 3.05) is 18.0 Å². The van der Waals surface area contributed by atoms with Crippen LogP contribution in [0.3, 0.4) is 0 Å². The fourth-order valence-corrected chi connectivity index (χ4v) is 2.14. The molecule has 6 heteroatoms. The summed E-state index contributed by atoms with van der Waals surface area (Å²) in [6.45, 7) is 2.31. The Morgan fingerprint density at radius 2 is 2.25 bits per heavy atom. The van der Waals surface area contributed by atoms with Gasteiger partial charge in [0.25, 0.3) is 0 Å². The van der Waals surface area contributed by atoms with Gasteiger partial charge in [0.1, 0.15) is 11.9 Å². The lowest BCUT2D eigenvalue weighted by atomic mass is 10.1. The number of para-hydroxylation sites is 1. The summed E-state index contributed by atoms with van der Waals surface area (Å²) < 4.78 is 13.7. The molecule has 0 aliphatic carbocycles. The minimum Gasteiger partial charge on any atom is -0.344 e. The maximum atomic E-state index is 13.7. The smallest absolute Gasteiger partial charge is 0.249 e. The number of hydrogen-bond acceptors (Lipinski definition) is 3. The summed E-state index contributed by atoms with van der Waals surface area (Å²) in [5, 5.41) is 2.67. The number of anilines is 1. The lowest BCUT2D eigenvalue weighted by Gasteiger charge is -2.18. The third kappa shape index (κ3) is 2.80. The molecule has 2 amide bonds. The minimum atomic E-state index is -0.601. The van der Waals surface area contributed by atoms with Crippen molar-refractivity contribution in [3.05, 3.63) is 30.1 Å². The molecule has 2 atom stereocenters. The van der Waals surface area contributed by atoms with E-state index in [-0.39, 0.29) is 30.0 Å². The van der Waals surface area contributed by atoms with Gasteiger partial charge in [0.15, 0.2) is 0 Å². The van der Waals surface area contributed by atoms with E-state index in [0.717, 1.165) is 0 Å². The van der Waals surface area contributed by atoms with Crippen molar-refractivity contribution in [1.29, 1.82) is 0 Å². The molecule has 1 fully saturated rings. The first kappa shape index (κ1) is 14.5. The van der Waals surface area contributed by atoms with Gasteiger partial charge in [0.2, 0.25) is 11.8 Å². The molecule has 0 radical (unpaired) electrons. The average molecular weight is 279 g/mol. The Morgan fingerprint density at radius 3 is 2.90 bits per heavy atom. The highest BCUT2D eigenvalue weighted by Crippen LogP contribution is 2.24. The summed E-state index contributed by atoms with van der Waals surface area (Å²) in [5.41, 5.74) is 5.67. The number of rotatable bonds is 4. The molecule has 0 bridgehead atoms. The van der Waals surface area contributed by atoms with Gasteiger partial charge in [-0.3, -0.25) is 9.59 Å². The van der Waals surface area contributed by atoms with Crippen LogP contribution < -0.4 is 16.0 Å². The molecule has 0 saturated carbocycles. The van der Waals surface area contributed by atoms with E-state index in [2.05, 4.69) is 5.32 Å². The summed E-state index contributed by atoms with van der Waals surface area (Å²) in [6.07, 6.45) is 0.468. The van der Waals surface area contributed by atoms with Crippen molar-refractivity contribution in [3.8, 4) is 0 Å². The number of amides is 2. The van der Waals surface area contributed by atoms with Crippen LogP contribution in [0.25, 0.3) is 0 Å². The largest absolute Gasteiger partial charge is 0.344 e. The van der Waals surface area contributed by atoms with E-state index in [4.69, 9.17) is 5.73 Å². The number of halogens is 1. The summed E-state index contributed by atoms with van der Waals surface area (Å²) in [5.74, 6) is -1.32. The van der Waals surface area contributed by atoms with Crippen LogP contribution in [-0.2, 0) is 9.59 Å². The highest BCUT2D eigenvalue weighted by molar-refractivity contribution is 6.01. The molecule has 2 rings (SSSR count). The van der Waals surface area contributed by atoms with Crippen LogP contribution in [0.2, 0.25) is 0 Å². The molecule has 1 aliphatic rings. The Morgan fingerprint density at radius 1 is 1.55 bits per heavy atom. The number of carbonyl (C=O) groups excluding carboxylic acids is 2. The number of benzene rings is 1. The first-order valence-corrected chi connectivity index (χ1v) is 6.61. The van der Waals surface area contributed by atoms with E-state index in [9.17, 15) is 14.0 Å². The quantitative estimate of drug-likeness (QED) is 0.849. The maximum absolute atomic E-state index is 13.7. The molecule has 1 aromatic rings. The zero-order valence-electron chi connectivity index (χ0n) is 11.3. The molecule has 3 N–H and O–H groups in total. The van der Waals surface area contributed by atoms with Gasteiger partial charge in [0.05, 0.1) is 5.69 Å². The topological polar surface area (TPSA) is 75.4 Å². The summed E-state index contributed by atoms with van der Waals surface area (Å²) >= 11 is 0. The van der Waals surface area contributed by atoms with Crippen LogP contribution in [0.1, 0.15) is 13.3 Å². The molecule has 0 aromatic heterocycles. The van der Waals surface area contributed by atoms with Gasteiger partial charge < -0.3 is 16.0 Å². The molecule has 1 aliphatic heterocycles. The predicted molar refractivity (Wildman–Crippen MR) is 73.5 cm³/mol. The fourth-order valence-electron chi connectivity index (χ4n) is 2.14. The summed E-state index contributed by atoms with van der Waals surface area (Å²) in [4.78, 5) is 25.3. The Balaban J connectivity index is 2.07. The van der Waals surface area contributed by atoms with Crippen molar-refractivity contribution in [2.24, 2.45) is 11.7 Å². The van der Waals surface area contributed by atoms with Crippen LogP contribution in [0.15, 0.2) is 24.3 Å². The maximum Gasteiger partial charge on any atom is 0.249 e. The summed E-state index contributed by atoms with van der Waals surface area (Å²) in [7, 11) is 0. The van der Waals surface area contributed by atoms with Crippen LogP contribution in [0.5, 0.6) is 0 Å². The first-order chi connectivity index (χ1) is 9.54. The molecule has 5 nitrogen and oxygen atoms in total. The normalized spacial score (nSPS) is 20.1. The SMILES string of the molecule is CC(CN)C(=O)NC1CCN(c2ccccc2F)C1=O. The van der Waals surface area contributed by atoms with E-state index in [1.54, 1.807) is 25.1 Å². The predicted octanol–water partition coefficient (Wildman–Crippen LogP) is 0.642. The molecule has 0 spiro atoms. The standard InChI is InChI=1S/C14H18FN3O2/c1-9(8-16)13(19)17-11-6-7-18(14(11)20)12-5-3-2-4-10(12)15/h2-5,9,11H,6-8,16H2,1H3,(H,17,19). The van der Waals surface area contributed by atoms with E-state index in [0.29, 0.717) is 13.0 Å². The first-order valence-electron chi connectivity index (χ1n) is 6.61. The number of hydrogen-bond donors (Lipinski definition) is 2. The second kappa shape index (κ2) is 6.00. The van der Waals surface area contributed by atoms with Crippen molar-refractivity contribution in [2.45, 2.75) is 19.4 Å². The number of nitrogens with zero attached hydrogens (tertiary/aromatic N) is 1. The molecule has 108 valence electrons. The van der Waals surface area contributed by atoms with Crippen LogP contribution in [0, 0.1) is 11.7 Å². The van der Waals surface area contributed by atoms with Gasteiger partial charge in [0, 0.05) is 19.0 Å². The van der Waals surface area contributed by atoms with Crippen molar-refractivity contribution < 1.29 is 14.0 Å². The van der Waals surface area contributed by atoms with Gasteiger partial charge in [-0.05, 0) is 18.6 Å². The lowest BCUT2D eigenvalue weighted by molar-refractivity contribution is -0.128. The molecule has 1 aromatic carbocycles. The molecule has 1 saturated heterocycles. The number of carbonyl (C=O) groups is 2. The highest BCUT2D eigenvalue weighted by Gasteiger charge is 2.35. The average Bonchev–Trinajstić information content (AvgIpc) is 2.80. The highest BCUT2D eigenvalue weighted by atomic mass is 19.1. The van der Waals surface area contributed by atoms with E-state index >= 15 is 0 Å². The van der Waals surface area contributed by atoms with Gasteiger partial charge in [-0.2, -0.15) is 0 Å². The van der Waals surface area contributed by atoms with E-state index < -0.39 is 11.9 Å². The molecule has 1 heterocycles. The summed E-state index contributed by atoms with van der Waals surface area (Å²) in [6, 6.07) is 5.51. The lowest BCUT2D eigenvalue weighted by Crippen LogP contribution is -2.44.